The van der Waals surface area contributed by atoms with Gasteiger partial charge in [0.1, 0.15) is 11.9 Å². The second-order valence-corrected chi connectivity index (χ2v) is 6.73. The van der Waals surface area contributed by atoms with E-state index in [1.165, 1.54) is 39.0 Å². The summed E-state index contributed by atoms with van der Waals surface area (Å²) in [5.74, 6) is 0. The minimum Gasteiger partial charge on any atom is -0.170 e. The van der Waals surface area contributed by atoms with Crippen LogP contribution in [-0.2, 0) is 20.1 Å². The van der Waals surface area contributed by atoms with E-state index in [1.54, 1.807) is 0 Å². The van der Waals surface area contributed by atoms with Crippen molar-refractivity contribution in [2.24, 2.45) is 5.11 Å². The molecule has 0 aromatic heterocycles. The van der Waals surface area contributed by atoms with Crippen molar-refractivity contribution in [3.63, 3.8) is 0 Å². The molecule has 2 heterocycles. The molecule has 0 saturated heterocycles. The average Bonchev–Trinajstić information content (AvgIpc) is 3.07. The molecule has 0 aliphatic carbocycles. The first-order chi connectivity index (χ1) is 12.3. The second kappa shape index (κ2) is 6.42. The standard InChI is InChI=1S/C23H18N2.Ir/c1-15-8-7-9-16(2)22(15)20-14-24-25-21-13-6-5-11-18(21)17-10-3-4-12-19(17)23(20)25;/h3-12,14,23H,1-2H3;. The van der Waals surface area contributed by atoms with Crippen LogP contribution < -0.4 is 0 Å². The summed E-state index contributed by atoms with van der Waals surface area (Å²) in [4.78, 5) is 0. The molecule has 2 aliphatic rings. The summed E-state index contributed by atoms with van der Waals surface area (Å²) in [5.41, 5.74) is 10.0. The summed E-state index contributed by atoms with van der Waals surface area (Å²) >= 11 is 0. The monoisotopic (exact) mass is 515 g/mol. The van der Waals surface area contributed by atoms with Crippen LogP contribution in [0.1, 0.15) is 28.3 Å². The fourth-order valence-electron chi connectivity index (χ4n) is 4.17. The van der Waals surface area contributed by atoms with Gasteiger partial charge in [-0.25, -0.2) is 0 Å². The van der Waals surface area contributed by atoms with Crippen LogP contribution in [0.2, 0.25) is 0 Å². The summed E-state index contributed by atoms with van der Waals surface area (Å²) in [7, 11) is 0. The smallest absolute Gasteiger partial charge is 0.170 e. The van der Waals surface area contributed by atoms with Crippen LogP contribution in [0.15, 0.2) is 72.0 Å². The minimum absolute atomic E-state index is 0. The molecular formula is C23H18IrN2. The molecule has 0 fully saturated rings. The summed E-state index contributed by atoms with van der Waals surface area (Å²) in [6.45, 7) is 4.36. The predicted octanol–water partition coefficient (Wildman–Crippen LogP) is 5.97. The Kier molecular flexibility index (Phi) is 4.22. The summed E-state index contributed by atoms with van der Waals surface area (Å²) < 4.78 is 2.12. The van der Waals surface area contributed by atoms with Crippen molar-refractivity contribution in [2.45, 2.75) is 19.9 Å². The number of para-hydroxylation sites is 1. The average molecular weight is 515 g/mol. The quantitative estimate of drug-likeness (QED) is 0.281. The van der Waals surface area contributed by atoms with Gasteiger partial charge in [0.05, 0.1) is 5.57 Å². The van der Waals surface area contributed by atoms with Crippen LogP contribution >= 0.6 is 0 Å². The largest absolute Gasteiger partial charge is 0.234 e. The Hall–Kier alpha value is -2.35. The van der Waals surface area contributed by atoms with E-state index < -0.39 is 0 Å². The van der Waals surface area contributed by atoms with Gasteiger partial charge in [-0.3, -0.25) is 0 Å². The van der Waals surface area contributed by atoms with Gasteiger partial charge in [0.2, 0.25) is 6.04 Å². The van der Waals surface area contributed by atoms with Crippen molar-refractivity contribution in [1.29, 1.82) is 0 Å². The maximum absolute atomic E-state index is 4.78. The van der Waals surface area contributed by atoms with Crippen molar-refractivity contribution in [3.8, 4) is 11.1 Å². The zero-order chi connectivity index (χ0) is 17.0. The molecule has 26 heavy (non-hydrogen) atoms. The van der Waals surface area contributed by atoms with Crippen molar-refractivity contribution >= 4 is 11.3 Å². The predicted molar refractivity (Wildman–Crippen MR) is 99.7 cm³/mol. The number of nitrogens with zero attached hydrogens (tertiary/aromatic N) is 2. The normalized spacial score (nSPS) is 16.6. The van der Waals surface area contributed by atoms with E-state index in [2.05, 4.69) is 73.1 Å². The van der Waals surface area contributed by atoms with Gasteiger partial charge in [0.25, 0.3) is 0 Å². The third-order valence-corrected chi connectivity index (χ3v) is 5.24. The first-order valence-electron chi connectivity index (χ1n) is 8.62. The molecule has 3 aromatic carbocycles. The molecule has 0 spiro atoms. The van der Waals surface area contributed by atoms with Gasteiger partial charge >= 0.3 is 0 Å². The zero-order valence-corrected chi connectivity index (χ0v) is 17.1. The molecule has 2 aliphatic heterocycles. The Bertz CT molecular complexity index is 1060. The first kappa shape index (κ1) is 17.1. The number of benzene rings is 3. The van der Waals surface area contributed by atoms with Gasteiger partial charge in [-0.2, -0.15) is 18.2 Å². The Morgan fingerprint density at radius 2 is 1.62 bits per heavy atom. The Labute approximate surface area is 167 Å². The Morgan fingerprint density at radius 1 is 0.885 bits per heavy atom. The van der Waals surface area contributed by atoms with E-state index in [0.717, 1.165) is 5.69 Å². The molecule has 0 N–H and O–H groups in total. The fraction of sp³-hybridized carbons (Fsp3) is 0.130. The molecule has 5 rings (SSSR count). The summed E-state index contributed by atoms with van der Waals surface area (Å²) in [6, 6.07) is 24.8. The number of azo groups is 2. The Balaban J connectivity index is 0.00000168. The van der Waals surface area contributed by atoms with E-state index in [4.69, 9.17) is 5.11 Å². The molecule has 0 amide bonds. The van der Waals surface area contributed by atoms with Crippen molar-refractivity contribution in [1.82, 2.24) is 0 Å². The molecule has 1 radical (unpaired) electrons. The van der Waals surface area contributed by atoms with E-state index in [1.807, 2.05) is 18.3 Å². The minimum atomic E-state index is 0. The van der Waals surface area contributed by atoms with Gasteiger partial charge in [0.15, 0.2) is 0 Å². The van der Waals surface area contributed by atoms with Gasteiger partial charge in [-0.15, -0.1) is 6.07 Å². The molecule has 2 nitrogen and oxygen atoms in total. The van der Waals surface area contributed by atoms with Crippen molar-refractivity contribution in [3.05, 3.63) is 95.2 Å². The molecular weight excluding hydrogens is 496 g/mol. The van der Waals surface area contributed by atoms with E-state index in [-0.39, 0.29) is 26.1 Å². The van der Waals surface area contributed by atoms with Crippen LogP contribution in [0.25, 0.3) is 16.7 Å². The van der Waals surface area contributed by atoms with Crippen LogP contribution in [0.5, 0.6) is 0 Å². The topological polar surface area (TPSA) is 15.4 Å². The molecule has 0 bridgehead atoms. The molecule has 1 atom stereocenters. The van der Waals surface area contributed by atoms with Gasteiger partial charge < -0.3 is 0 Å². The second-order valence-electron chi connectivity index (χ2n) is 6.73. The first-order valence-corrected chi connectivity index (χ1v) is 8.62. The number of hydrogen-bond donors (Lipinski definition) is 0. The van der Waals surface area contributed by atoms with E-state index >= 15 is 0 Å². The summed E-state index contributed by atoms with van der Waals surface area (Å²) in [6.07, 6.45) is 2.03. The maximum atomic E-state index is 4.78. The van der Waals surface area contributed by atoms with Crippen LogP contribution in [0, 0.1) is 19.9 Å². The van der Waals surface area contributed by atoms with Gasteiger partial charge in [-0.05, 0) is 35.7 Å². The van der Waals surface area contributed by atoms with Crippen molar-refractivity contribution in [2.75, 3.05) is 0 Å². The van der Waals surface area contributed by atoms with Gasteiger partial charge in [-0.1, -0.05) is 58.3 Å². The molecule has 1 unspecified atom stereocenters. The number of rotatable bonds is 1. The third-order valence-electron chi connectivity index (χ3n) is 5.24. The molecule has 3 heteroatoms. The number of hydrogen-bond acceptors (Lipinski definition) is 1. The molecule has 3 aromatic rings. The zero-order valence-electron chi connectivity index (χ0n) is 14.7. The number of fused-ring (bicyclic) bond motifs is 6. The van der Waals surface area contributed by atoms with Crippen LogP contribution in [-0.4, -0.2) is 4.70 Å². The van der Waals surface area contributed by atoms with E-state index in [9.17, 15) is 0 Å². The van der Waals surface area contributed by atoms with Gasteiger partial charge in [0, 0.05) is 25.7 Å². The van der Waals surface area contributed by atoms with E-state index in [0.29, 0.717) is 0 Å². The molecule has 129 valence electrons. The maximum Gasteiger partial charge on any atom is 0.234 e. The SMILES string of the molecule is Cc1cccc(C)c1C1=CN=[N+]2c3[c-]cccc3-c3ccccc3C12.[Ir]. The third kappa shape index (κ3) is 2.35. The van der Waals surface area contributed by atoms with Crippen LogP contribution in [0.4, 0.5) is 5.69 Å². The Morgan fingerprint density at radius 3 is 2.42 bits per heavy atom. The number of aryl methyl sites for hydroxylation is 2. The fourth-order valence-corrected chi connectivity index (χ4v) is 4.17. The van der Waals surface area contributed by atoms with Crippen LogP contribution in [0.3, 0.4) is 0 Å². The molecule has 0 saturated carbocycles. The van der Waals surface area contributed by atoms with Crippen molar-refractivity contribution < 1.29 is 24.8 Å². The summed E-state index contributed by atoms with van der Waals surface area (Å²) in [5, 5.41) is 4.78.